The fourth-order valence-corrected chi connectivity index (χ4v) is 13.2. The fraction of sp³-hybridized carbons (Fsp3) is 0.224. The second-order valence-corrected chi connectivity index (χ2v) is 22.5. The number of nitrogens with two attached hydrogens (primary N) is 1. The Bertz CT molecular complexity index is 3550. The molecule has 380 valence electrons. The van der Waals surface area contributed by atoms with Gasteiger partial charge in [-0.3, -0.25) is 4.79 Å². The number of carbonyl (C=O) groups excluding carboxylic acids is 1. The zero-order chi connectivity index (χ0) is 52.2. The van der Waals surface area contributed by atoms with Gasteiger partial charge in [0.1, 0.15) is 33.9 Å². The van der Waals surface area contributed by atoms with Gasteiger partial charge in [0.15, 0.2) is 21.1 Å². The molecule has 0 unspecified atom stereocenters. The molecule has 0 atom stereocenters. The number of pyridine rings is 1. The lowest BCUT2D eigenvalue weighted by atomic mass is 9.99. The van der Waals surface area contributed by atoms with Crippen LogP contribution in [0.2, 0.25) is 0 Å². The van der Waals surface area contributed by atoms with E-state index in [-0.39, 0.29) is 47.0 Å². The number of aryl methyl sites for hydroxylation is 1. The van der Waals surface area contributed by atoms with Crippen LogP contribution >= 0.6 is 0 Å². The van der Waals surface area contributed by atoms with Crippen molar-refractivity contribution in [1.29, 1.82) is 0 Å². The molecular weight excluding hydrogens is 1000 g/mol. The number of tetrazole rings is 1. The van der Waals surface area contributed by atoms with Gasteiger partial charge in [-0.25, -0.2) is 26.3 Å². The van der Waals surface area contributed by atoms with Crippen molar-refractivity contribution in [2.75, 3.05) is 34.4 Å². The molecule has 0 aliphatic carbocycles. The topological polar surface area (TPSA) is 278 Å². The maximum absolute atomic E-state index is 16.4. The Balaban J connectivity index is 1.49. The third-order valence-corrected chi connectivity index (χ3v) is 17.5. The number of ether oxygens (including phenoxy) is 3. The number of sulfone groups is 1. The lowest BCUT2D eigenvalue weighted by molar-refractivity contribution is -0.118. The summed E-state index contributed by atoms with van der Waals surface area (Å²) in [6.07, 6.45) is -0.0128. The maximum atomic E-state index is 16.4. The summed E-state index contributed by atoms with van der Waals surface area (Å²) in [6, 6.07) is 31.0. The minimum Gasteiger partial charge on any atom is -0.497 e. The predicted molar refractivity (Wildman–Crippen MR) is 265 cm³/mol. The molecule has 0 bridgehead atoms. The van der Waals surface area contributed by atoms with Crippen LogP contribution in [0.5, 0.6) is 17.2 Å². The highest BCUT2D eigenvalue weighted by molar-refractivity contribution is 7.94. The number of hydrogen-bond acceptors (Lipinski definition) is 14. The first-order valence-electron chi connectivity index (χ1n) is 22.2. The Kier molecular flexibility index (Phi) is 14.8. The number of amides is 2. The van der Waals surface area contributed by atoms with Crippen molar-refractivity contribution in [3.63, 3.8) is 0 Å². The van der Waals surface area contributed by atoms with E-state index in [4.69, 9.17) is 19.9 Å². The van der Waals surface area contributed by atoms with Gasteiger partial charge in [0.2, 0.25) is 15.9 Å². The van der Waals surface area contributed by atoms with Crippen molar-refractivity contribution in [2.45, 2.75) is 53.0 Å². The molecule has 0 spiro atoms. The summed E-state index contributed by atoms with van der Waals surface area (Å²) >= 11 is 0. The van der Waals surface area contributed by atoms with E-state index in [9.17, 15) is 23.1 Å². The largest absolute Gasteiger partial charge is 0.497 e. The smallest absolute Gasteiger partial charge is 0.407 e. The van der Waals surface area contributed by atoms with Crippen LogP contribution in [0.4, 0.5) is 4.79 Å². The van der Waals surface area contributed by atoms with Crippen molar-refractivity contribution in [1.82, 2.24) is 34.0 Å². The third-order valence-electron chi connectivity index (χ3n) is 12.0. The monoisotopic (exact) mass is 1050 g/mol. The molecule has 1 aliphatic rings. The average molecular weight is 1050 g/mol. The van der Waals surface area contributed by atoms with Gasteiger partial charge in [-0.05, 0) is 106 Å². The molecule has 1 fully saturated rings. The number of primary amides is 1. The summed E-state index contributed by atoms with van der Waals surface area (Å²) in [5.74, 6) is 0.333. The number of rotatable bonds is 19. The standard InChI is InChI=1S/C49H49N9O12S3/c1-32-7-21-39(22-8-32)72(64,65)52-47-42(6-5-25-55(47)31-44(50)59)41-23-24-43(71(62,63)40-29-56(30-40)49(60)61)46(45(41)48-51-53-54-58(48)28-35-13-19-38(70-4)20-14-35)73(66,67)57(26-33-9-15-36(68-2)16-10-33)27-34-11-17-37(69-3)18-12-34/h5-25,40H,26-31H2,1-4H3,(H2,50,59)(H,60,61)/b52-47+. The molecule has 0 radical (unpaired) electrons. The van der Waals surface area contributed by atoms with Crippen LogP contribution < -0.4 is 25.4 Å². The van der Waals surface area contributed by atoms with Gasteiger partial charge in [0.25, 0.3) is 10.0 Å². The number of carboxylic acid groups (broad SMARTS) is 1. The number of nitrogens with zero attached hydrogens (tertiary/aromatic N) is 8. The Hall–Kier alpha value is -7.93. The molecule has 5 aromatic carbocycles. The number of carbonyl (C=O) groups is 2. The summed E-state index contributed by atoms with van der Waals surface area (Å²) < 4.78 is 116. The van der Waals surface area contributed by atoms with Crippen LogP contribution in [0.25, 0.3) is 22.5 Å². The van der Waals surface area contributed by atoms with E-state index in [1.54, 1.807) is 91.9 Å². The van der Waals surface area contributed by atoms with Crippen LogP contribution in [0.1, 0.15) is 22.3 Å². The van der Waals surface area contributed by atoms with Crippen molar-refractivity contribution < 1.29 is 54.2 Å². The third kappa shape index (κ3) is 11.0. The molecule has 1 aliphatic heterocycles. The molecule has 1 saturated heterocycles. The Morgan fingerprint density at radius 3 is 1.81 bits per heavy atom. The van der Waals surface area contributed by atoms with Gasteiger partial charge in [0, 0.05) is 37.9 Å². The van der Waals surface area contributed by atoms with E-state index in [2.05, 4.69) is 19.9 Å². The number of likely N-dealkylation sites (tertiary alicyclic amines) is 1. The minimum absolute atomic E-state index is 0.105. The highest BCUT2D eigenvalue weighted by Gasteiger charge is 2.45. The van der Waals surface area contributed by atoms with Gasteiger partial charge in [-0.15, -0.1) is 9.50 Å². The van der Waals surface area contributed by atoms with E-state index in [0.717, 1.165) is 20.8 Å². The van der Waals surface area contributed by atoms with Gasteiger partial charge in [-0.2, -0.15) is 12.7 Å². The summed E-state index contributed by atoms with van der Waals surface area (Å²) in [7, 11) is -10.2. The molecule has 8 rings (SSSR count). The van der Waals surface area contributed by atoms with Gasteiger partial charge in [0.05, 0.1) is 43.2 Å². The first-order chi connectivity index (χ1) is 34.8. The van der Waals surface area contributed by atoms with Crippen molar-refractivity contribution in [3.05, 3.63) is 155 Å². The summed E-state index contributed by atoms with van der Waals surface area (Å²) in [5.41, 5.74) is 7.00. The predicted octanol–water partition coefficient (Wildman–Crippen LogP) is 4.49. The van der Waals surface area contributed by atoms with Crippen molar-refractivity contribution in [3.8, 4) is 39.8 Å². The molecule has 0 saturated carbocycles. The highest BCUT2D eigenvalue weighted by atomic mass is 32.2. The molecular formula is C49H49N9O12S3. The lowest BCUT2D eigenvalue weighted by Crippen LogP contribution is -2.56. The molecule has 73 heavy (non-hydrogen) atoms. The molecule has 7 aromatic rings. The zero-order valence-electron chi connectivity index (χ0n) is 39.8. The van der Waals surface area contributed by atoms with Crippen LogP contribution in [-0.2, 0) is 60.9 Å². The summed E-state index contributed by atoms with van der Waals surface area (Å²) in [6.45, 7) is -0.577. The summed E-state index contributed by atoms with van der Waals surface area (Å²) in [5, 5.41) is 21.0. The Morgan fingerprint density at radius 1 is 0.740 bits per heavy atom. The zero-order valence-corrected chi connectivity index (χ0v) is 42.2. The van der Waals surface area contributed by atoms with E-state index in [1.165, 1.54) is 67.1 Å². The van der Waals surface area contributed by atoms with E-state index in [1.807, 2.05) is 0 Å². The molecule has 24 heteroatoms. The second kappa shape index (κ2) is 21.0. The molecule has 2 amide bonds. The van der Waals surface area contributed by atoms with E-state index < -0.39 is 82.1 Å². The van der Waals surface area contributed by atoms with Gasteiger partial charge in [-0.1, -0.05) is 60.2 Å². The van der Waals surface area contributed by atoms with Crippen LogP contribution in [0.15, 0.2) is 147 Å². The second-order valence-electron chi connectivity index (χ2n) is 16.9. The SMILES string of the molecule is COc1ccc(CN(Cc2ccc(OC)cc2)S(=O)(=O)c2c(S(=O)(=O)C3CN(C(=O)O)C3)ccc(-c3cccn(CC(N)=O)/c3=N/S(=O)(=O)c3ccc(C)cc3)c2-c2nnnn2Cc2ccc(OC)cc2)cc1. The average Bonchev–Trinajstić information content (AvgIpc) is 3.81. The quantitative estimate of drug-likeness (QED) is 0.113. The lowest BCUT2D eigenvalue weighted by Gasteiger charge is -2.37. The van der Waals surface area contributed by atoms with Crippen LogP contribution in [0, 0.1) is 6.92 Å². The first-order valence-corrected chi connectivity index (χ1v) is 26.7. The number of hydrogen-bond donors (Lipinski definition) is 2. The highest BCUT2D eigenvalue weighted by Crippen LogP contribution is 2.43. The maximum Gasteiger partial charge on any atom is 0.407 e. The first kappa shape index (κ1) is 51.4. The number of aromatic nitrogens is 5. The van der Waals surface area contributed by atoms with E-state index in [0.29, 0.717) is 33.9 Å². The normalized spacial score (nSPS) is 13.4. The fourth-order valence-electron chi connectivity index (χ4n) is 8.11. The minimum atomic E-state index is -5.19. The molecule has 3 heterocycles. The van der Waals surface area contributed by atoms with Crippen LogP contribution in [-0.4, -0.2) is 116 Å². The molecule has 3 N–H and O–H groups in total. The Labute approximate surface area is 420 Å². The molecule has 21 nitrogen and oxygen atoms in total. The van der Waals surface area contributed by atoms with Gasteiger partial charge < -0.3 is 34.5 Å². The van der Waals surface area contributed by atoms with Gasteiger partial charge >= 0.3 is 6.09 Å². The molecule has 2 aromatic heterocycles. The number of benzene rings is 5. The summed E-state index contributed by atoms with van der Waals surface area (Å²) in [4.78, 5) is 23.8. The number of methoxy groups -OCH3 is 3. The Morgan fingerprint density at radius 2 is 1.29 bits per heavy atom. The van der Waals surface area contributed by atoms with Crippen molar-refractivity contribution >= 4 is 41.9 Å². The van der Waals surface area contributed by atoms with Crippen LogP contribution in [0.3, 0.4) is 0 Å². The van der Waals surface area contributed by atoms with E-state index >= 15 is 16.8 Å². The van der Waals surface area contributed by atoms with Crippen molar-refractivity contribution in [2.24, 2.45) is 10.1 Å². The number of sulfonamides is 2.